The van der Waals surface area contributed by atoms with E-state index in [1.807, 2.05) is 25.3 Å². The third-order valence-corrected chi connectivity index (χ3v) is 8.37. The second kappa shape index (κ2) is 11.1. The molecule has 2 aliphatic heterocycles. The number of morpholine rings is 1. The number of aromatic nitrogens is 1. The average molecular weight is 554 g/mol. The molecular weight excluding hydrogens is 526 g/mol. The van der Waals surface area contributed by atoms with E-state index in [0.717, 1.165) is 5.56 Å². The van der Waals surface area contributed by atoms with Crippen molar-refractivity contribution in [3.8, 4) is 11.5 Å². The average Bonchev–Trinajstić information content (AvgIpc) is 2.93. The predicted molar refractivity (Wildman–Crippen MR) is 144 cm³/mol. The maximum Gasteiger partial charge on any atom is 0.243 e. The molecule has 0 unspecified atom stereocenters. The van der Waals surface area contributed by atoms with Gasteiger partial charge in [0.2, 0.25) is 15.7 Å². The van der Waals surface area contributed by atoms with E-state index in [-0.39, 0.29) is 21.3 Å². The van der Waals surface area contributed by atoms with Gasteiger partial charge in [0.15, 0.2) is 28.9 Å². The molecule has 0 saturated carbocycles. The van der Waals surface area contributed by atoms with Gasteiger partial charge in [-0.15, -0.1) is 0 Å². The molecule has 0 atom stereocenters. The Morgan fingerprint density at radius 1 is 1.00 bits per heavy atom. The second-order valence-corrected chi connectivity index (χ2v) is 11.2. The molecule has 198 valence electrons. The van der Waals surface area contributed by atoms with Crippen LogP contribution >= 0.6 is 12.2 Å². The molecule has 3 heterocycles. The van der Waals surface area contributed by atoms with Crippen LogP contribution in [0.25, 0.3) is 11.5 Å². The maximum absolute atomic E-state index is 13.8. The predicted octanol–water partition coefficient (Wildman–Crippen LogP) is 2.20. The smallest absolute Gasteiger partial charge is 0.243 e. The number of benzene rings is 2. The first-order chi connectivity index (χ1) is 18.3. The lowest BCUT2D eigenvalue weighted by Gasteiger charge is -2.26. The minimum Gasteiger partial charge on any atom is -0.867 e. The Morgan fingerprint density at radius 2 is 1.71 bits per heavy atom. The van der Waals surface area contributed by atoms with Gasteiger partial charge in [-0.2, -0.15) is 8.87 Å². The van der Waals surface area contributed by atoms with Gasteiger partial charge in [0.25, 0.3) is 0 Å². The van der Waals surface area contributed by atoms with Crippen LogP contribution in [-0.4, -0.2) is 57.2 Å². The van der Waals surface area contributed by atoms with Crippen LogP contribution in [0.15, 0.2) is 71.9 Å². The SMILES string of the molecule is Cc1ccc[n+](/C(C(=S)Nc2ccc(S(=O)(=O)N3CCOCC3)cc2)=C(/[O-])c2ccc3c(c2)OCCO3)c1. The minimum atomic E-state index is -3.62. The van der Waals surface area contributed by atoms with Crippen LogP contribution in [0.3, 0.4) is 0 Å². The minimum absolute atomic E-state index is 0.181. The molecule has 5 rings (SSSR count). The lowest BCUT2D eigenvalue weighted by molar-refractivity contribution is -0.578. The first-order valence-electron chi connectivity index (χ1n) is 12.1. The Labute approximate surface area is 226 Å². The molecular formula is C27H27N3O6S2. The molecule has 9 nitrogen and oxygen atoms in total. The highest BCUT2D eigenvalue weighted by atomic mass is 32.2. The van der Waals surface area contributed by atoms with E-state index < -0.39 is 10.0 Å². The standard InChI is InChI=1S/C27H27N3O6S2/c1-19-3-2-10-29(18-19)25(26(31)20-4-9-23-24(17-20)36-16-15-35-23)27(37)28-21-5-7-22(8-6-21)38(32,33)30-11-13-34-14-12-30/h2-10,17-18H,11-16H2,1H3,(H-,28,31,37). The molecule has 2 aliphatic rings. The summed E-state index contributed by atoms with van der Waals surface area (Å²) in [7, 11) is -3.62. The summed E-state index contributed by atoms with van der Waals surface area (Å²) < 4.78 is 45.5. The van der Waals surface area contributed by atoms with Crippen molar-refractivity contribution >= 4 is 44.4 Å². The molecule has 1 aromatic heterocycles. The Kier molecular flexibility index (Phi) is 7.61. The molecule has 11 heteroatoms. The number of nitrogens with one attached hydrogen (secondary N) is 1. The Hall–Kier alpha value is -3.51. The summed E-state index contributed by atoms with van der Waals surface area (Å²) in [5.74, 6) is 0.790. The van der Waals surface area contributed by atoms with Gasteiger partial charge >= 0.3 is 0 Å². The van der Waals surface area contributed by atoms with Crippen molar-refractivity contribution in [2.75, 3.05) is 44.8 Å². The molecule has 1 fully saturated rings. The van der Waals surface area contributed by atoms with Crippen molar-refractivity contribution in [1.82, 2.24) is 4.31 Å². The number of ether oxygens (including phenoxy) is 3. The third kappa shape index (κ3) is 5.51. The Bertz CT molecular complexity index is 1480. The quantitative estimate of drug-likeness (QED) is 0.215. The molecule has 3 aromatic rings. The number of sulfonamides is 1. The van der Waals surface area contributed by atoms with Gasteiger partial charge in [0.1, 0.15) is 13.2 Å². The lowest BCUT2D eigenvalue weighted by Crippen LogP contribution is -2.40. The zero-order valence-electron chi connectivity index (χ0n) is 20.8. The van der Waals surface area contributed by atoms with Gasteiger partial charge in [-0.25, -0.2) is 8.42 Å². The Balaban J connectivity index is 1.45. The van der Waals surface area contributed by atoms with Crippen molar-refractivity contribution in [2.45, 2.75) is 11.8 Å². The zero-order chi connectivity index (χ0) is 26.7. The summed E-state index contributed by atoms with van der Waals surface area (Å²) in [5, 5.41) is 16.9. The number of hydrogen-bond acceptors (Lipinski definition) is 7. The van der Waals surface area contributed by atoms with E-state index in [0.29, 0.717) is 62.3 Å². The van der Waals surface area contributed by atoms with Crippen molar-refractivity contribution in [2.24, 2.45) is 0 Å². The number of aryl methyl sites for hydroxylation is 1. The van der Waals surface area contributed by atoms with Gasteiger partial charge in [0, 0.05) is 30.4 Å². The normalized spacial score (nSPS) is 16.4. The van der Waals surface area contributed by atoms with E-state index in [9.17, 15) is 13.5 Å². The van der Waals surface area contributed by atoms with Gasteiger partial charge in [0.05, 0.1) is 18.1 Å². The van der Waals surface area contributed by atoms with Crippen molar-refractivity contribution in [3.05, 3.63) is 78.1 Å². The fourth-order valence-corrected chi connectivity index (χ4v) is 5.95. The van der Waals surface area contributed by atoms with Crippen LogP contribution < -0.4 is 24.5 Å². The number of hydrogen-bond donors (Lipinski definition) is 1. The van der Waals surface area contributed by atoms with Crippen LogP contribution in [0.2, 0.25) is 0 Å². The fourth-order valence-electron chi connectivity index (χ4n) is 4.23. The summed E-state index contributed by atoms with van der Waals surface area (Å²) in [6.07, 6.45) is 3.57. The molecule has 0 spiro atoms. The lowest BCUT2D eigenvalue weighted by atomic mass is 10.1. The molecule has 0 aliphatic carbocycles. The first-order valence-corrected chi connectivity index (χ1v) is 14.0. The van der Waals surface area contributed by atoms with Gasteiger partial charge < -0.3 is 24.6 Å². The topological polar surface area (TPSA) is 104 Å². The zero-order valence-corrected chi connectivity index (χ0v) is 22.4. The highest BCUT2D eigenvalue weighted by Crippen LogP contribution is 2.33. The van der Waals surface area contributed by atoms with Crippen molar-refractivity contribution in [3.63, 3.8) is 0 Å². The van der Waals surface area contributed by atoms with Crippen molar-refractivity contribution < 1.29 is 32.3 Å². The molecule has 0 radical (unpaired) electrons. The number of pyridine rings is 1. The van der Waals surface area contributed by atoms with E-state index in [4.69, 9.17) is 26.4 Å². The molecule has 1 saturated heterocycles. The van der Waals surface area contributed by atoms with Crippen molar-refractivity contribution in [1.29, 1.82) is 0 Å². The maximum atomic E-state index is 13.8. The van der Waals surface area contributed by atoms with E-state index in [1.54, 1.807) is 41.1 Å². The molecule has 38 heavy (non-hydrogen) atoms. The third-order valence-electron chi connectivity index (χ3n) is 6.16. The summed E-state index contributed by atoms with van der Waals surface area (Å²) >= 11 is 5.70. The number of rotatable bonds is 6. The van der Waals surface area contributed by atoms with Crippen LogP contribution in [0.1, 0.15) is 11.1 Å². The molecule has 1 N–H and O–H groups in total. The summed E-state index contributed by atoms with van der Waals surface area (Å²) in [6, 6.07) is 15.1. The van der Waals surface area contributed by atoms with Crippen LogP contribution in [0, 0.1) is 6.92 Å². The second-order valence-electron chi connectivity index (χ2n) is 8.82. The highest BCUT2D eigenvalue weighted by molar-refractivity contribution is 7.89. The number of fused-ring (bicyclic) bond motifs is 1. The monoisotopic (exact) mass is 553 g/mol. The van der Waals surface area contributed by atoms with Crippen LogP contribution in [0.4, 0.5) is 5.69 Å². The molecule has 0 bridgehead atoms. The number of nitrogens with zero attached hydrogens (tertiary/aromatic N) is 2. The fraction of sp³-hybridized carbons (Fsp3) is 0.259. The number of anilines is 1. The van der Waals surface area contributed by atoms with E-state index >= 15 is 0 Å². The molecule has 2 aromatic carbocycles. The molecule has 0 amide bonds. The number of thiocarbonyl (C=S) groups is 1. The first kappa shape index (κ1) is 26.1. The largest absolute Gasteiger partial charge is 0.867 e. The summed E-state index contributed by atoms with van der Waals surface area (Å²) in [6.45, 7) is 4.18. The summed E-state index contributed by atoms with van der Waals surface area (Å²) in [4.78, 5) is 0.366. The van der Waals surface area contributed by atoms with Gasteiger partial charge in [-0.1, -0.05) is 18.3 Å². The van der Waals surface area contributed by atoms with Gasteiger partial charge in [-0.05, 0) is 60.7 Å². The van der Waals surface area contributed by atoms with E-state index in [1.165, 1.54) is 16.4 Å². The van der Waals surface area contributed by atoms with Crippen LogP contribution in [0.5, 0.6) is 11.5 Å². The van der Waals surface area contributed by atoms with E-state index in [2.05, 4.69) is 5.32 Å². The summed E-state index contributed by atoms with van der Waals surface area (Å²) in [5.41, 5.74) is 2.14. The Morgan fingerprint density at radius 3 is 2.42 bits per heavy atom. The van der Waals surface area contributed by atoms with Gasteiger partial charge in [-0.3, -0.25) is 0 Å². The highest BCUT2D eigenvalue weighted by Gasteiger charge is 2.26. The van der Waals surface area contributed by atoms with Crippen LogP contribution in [-0.2, 0) is 14.8 Å².